The number of unbranched alkanes of at least 4 members (excludes halogenated alkanes) is 2. The van der Waals surface area contributed by atoms with E-state index in [9.17, 15) is 4.79 Å². The molecule has 2 nitrogen and oxygen atoms in total. The van der Waals surface area contributed by atoms with Crippen molar-refractivity contribution in [2.24, 2.45) is 5.92 Å². The van der Waals surface area contributed by atoms with Crippen LogP contribution in [0.5, 0.6) is 0 Å². The second-order valence-electron chi connectivity index (χ2n) is 6.21. The quantitative estimate of drug-likeness (QED) is 0.323. The van der Waals surface area contributed by atoms with Gasteiger partial charge in [-0.1, -0.05) is 38.8 Å². The van der Waals surface area contributed by atoms with Gasteiger partial charge in [-0.25, -0.2) is 0 Å². The number of esters is 1. The highest BCUT2D eigenvalue weighted by molar-refractivity contribution is 5.72. The van der Waals surface area contributed by atoms with Gasteiger partial charge in [0, 0.05) is 0 Å². The van der Waals surface area contributed by atoms with E-state index in [1.807, 2.05) is 20.8 Å². The first kappa shape index (κ1) is 18.2. The SMILES string of the molecule is CCC/C=C/CCCC(CCC)C(=O)OC(C)(C)C. The molecule has 0 aromatic carbocycles. The molecule has 1 unspecified atom stereocenters. The smallest absolute Gasteiger partial charge is 0.309 e. The van der Waals surface area contributed by atoms with Gasteiger partial charge in [0.2, 0.25) is 0 Å². The van der Waals surface area contributed by atoms with E-state index in [-0.39, 0.29) is 17.5 Å². The summed E-state index contributed by atoms with van der Waals surface area (Å²) in [5, 5.41) is 0. The van der Waals surface area contributed by atoms with Crippen molar-refractivity contribution < 1.29 is 9.53 Å². The predicted molar refractivity (Wildman–Crippen MR) is 82.1 cm³/mol. The van der Waals surface area contributed by atoms with Crippen LogP contribution in [-0.2, 0) is 9.53 Å². The minimum atomic E-state index is -0.371. The number of carbonyl (C=O) groups excluding carboxylic acids is 1. The van der Waals surface area contributed by atoms with Crippen molar-refractivity contribution in [3.8, 4) is 0 Å². The Morgan fingerprint density at radius 3 is 2.21 bits per heavy atom. The average molecular weight is 268 g/mol. The van der Waals surface area contributed by atoms with Gasteiger partial charge in [0.15, 0.2) is 0 Å². The molecule has 0 aliphatic heterocycles. The third-order valence-corrected chi connectivity index (χ3v) is 2.92. The van der Waals surface area contributed by atoms with Gasteiger partial charge in [-0.05, 0) is 52.9 Å². The molecule has 0 fully saturated rings. The summed E-state index contributed by atoms with van der Waals surface area (Å²) in [7, 11) is 0. The van der Waals surface area contributed by atoms with Crippen molar-refractivity contribution in [2.75, 3.05) is 0 Å². The van der Waals surface area contributed by atoms with Crippen molar-refractivity contribution in [1.29, 1.82) is 0 Å². The first-order valence-electron chi connectivity index (χ1n) is 7.78. The summed E-state index contributed by atoms with van der Waals surface area (Å²) in [6, 6.07) is 0. The lowest BCUT2D eigenvalue weighted by Gasteiger charge is -2.23. The molecule has 19 heavy (non-hydrogen) atoms. The van der Waals surface area contributed by atoms with Crippen LogP contribution in [0.15, 0.2) is 12.2 Å². The van der Waals surface area contributed by atoms with Crippen molar-refractivity contribution in [1.82, 2.24) is 0 Å². The van der Waals surface area contributed by atoms with E-state index in [0.717, 1.165) is 38.5 Å². The number of carbonyl (C=O) groups is 1. The molecular weight excluding hydrogens is 236 g/mol. The average Bonchev–Trinajstić information content (AvgIpc) is 2.30. The van der Waals surface area contributed by atoms with Crippen molar-refractivity contribution in [3.63, 3.8) is 0 Å². The van der Waals surface area contributed by atoms with Gasteiger partial charge in [-0.2, -0.15) is 0 Å². The highest BCUT2D eigenvalue weighted by Crippen LogP contribution is 2.20. The lowest BCUT2D eigenvalue weighted by molar-refractivity contribution is -0.160. The lowest BCUT2D eigenvalue weighted by atomic mass is 9.96. The molecule has 0 aromatic rings. The Morgan fingerprint density at radius 1 is 1.05 bits per heavy atom. The van der Waals surface area contributed by atoms with Crippen LogP contribution in [0.1, 0.15) is 79.6 Å². The first-order chi connectivity index (χ1) is 8.90. The molecule has 0 aliphatic rings. The van der Waals surface area contributed by atoms with E-state index in [0.29, 0.717) is 0 Å². The largest absolute Gasteiger partial charge is 0.460 e. The van der Waals surface area contributed by atoms with Crippen LogP contribution < -0.4 is 0 Å². The molecule has 0 saturated carbocycles. The molecule has 0 rings (SSSR count). The third kappa shape index (κ3) is 10.8. The Bertz CT molecular complexity index is 261. The second kappa shape index (κ2) is 10.1. The summed E-state index contributed by atoms with van der Waals surface area (Å²) in [6.07, 6.45) is 11.9. The fraction of sp³-hybridized carbons (Fsp3) is 0.824. The van der Waals surface area contributed by atoms with Gasteiger partial charge >= 0.3 is 5.97 Å². The summed E-state index contributed by atoms with van der Waals surface area (Å²) < 4.78 is 5.49. The van der Waals surface area contributed by atoms with Crippen LogP contribution in [0.4, 0.5) is 0 Å². The van der Waals surface area contributed by atoms with Gasteiger partial charge < -0.3 is 4.74 Å². The number of hydrogen-bond acceptors (Lipinski definition) is 2. The summed E-state index contributed by atoms with van der Waals surface area (Å²) in [5.41, 5.74) is -0.371. The Hall–Kier alpha value is -0.790. The minimum Gasteiger partial charge on any atom is -0.460 e. The van der Waals surface area contributed by atoms with Crippen LogP contribution in [0, 0.1) is 5.92 Å². The van der Waals surface area contributed by atoms with Crippen LogP contribution in [0.25, 0.3) is 0 Å². The van der Waals surface area contributed by atoms with E-state index in [2.05, 4.69) is 26.0 Å². The number of hydrogen-bond donors (Lipinski definition) is 0. The standard InChI is InChI=1S/C17H32O2/c1-6-8-9-10-11-12-14-15(13-7-2)16(18)19-17(3,4)5/h9-10,15H,6-8,11-14H2,1-5H3/b10-9+. The molecule has 0 amide bonds. The zero-order valence-electron chi connectivity index (χ0n) is 13.5. The molecule has 112 valence electrons. The highest BCUT2D eigenvalue weighted by Gasteiger charge is 2.23. The zero-order valence-corrected chi connectivity index (χ0v) is 13.5. The molecule has 0 aromatic heterocycles. The molecule has 0 N–H and O–H groups in total. The Kier molecular flexibility index (Phi) is 9.63. The molecule has 0 aliphatic carbocycles. The third-order valence-electron chi connectivity index (χ3n) is 2.92. The van der Waals surface area contributed by atoms with Crippen LogP contribution in [0.3, 0.4) is 0 Å². The summed E-state index contributed by atoms with van der Waals surface area (Å²) >= 11 is 0. The molecule has 0 heterocycles. The number of allylic oxidation sites excluding steroid dienone is 2. The van der Waals surface area contributed by atoms with E-state index < -0.39 is 0 Å². The number of ether oxygens (including phenoxy) is 1. The van der Waals surface area contributed by atoms with Crippen molar-refractivity contribution >= 4 is 5.97 Å². The van der Waals surface area contributed by atoms with Gasteiger partial charge in [-0.3, -0.25) is 4.79 Å². The fourth-order valence-corrected chi connectivity index (χ4v) is 2.00. The Morgan fingerprint density at radius 2 is 1.68 bits per heavy atom. The van der Waals surface area contributed by atoms with Gasteiger partial charge in [0.05, 0.1) is 5.92 Å². The number of rotatable bonds is 9. The molecule has 1 atom stereocenters. The second-order valence-corrected chi connectivity index (χ2v) is 6.21. The Balaban J connectivity index is 4.07. The minimum absolute atomic E-state index is 0.0214. The molecule has 0 radical (unpaired) electrons. The van der Waals surface area contributed by atoms with Gasteiger partial charge in [0.25, 0.3) is 0 Å². The monoisotopic (exact) mass is 268 g/mol. The van der Waals surface area contributed by atoms with E-state index >= 15 is 0 Å². The topological polar surface area (TPSA) is 26.3 Å². The first-order valence-corrected chi connectivity index (χ1v) is 7.78. The normalized spacial score (nSPS) is 13.7. The maximum absolute atomic E-state index is 12.1. The van der Waals surface area contributed by atoms with Crippen LogP contribution in [-0.4, -0.2) is 11.6 Å². The maximum atomic E-state index is 12.1. The fourth-order valence-electron chi connectivity index (χ4n) is 2.00. The summed E-state index contributed by atoms with van der Waals surface area (Å²) in [5.74, 6) is 0.0516. The van der Waals surface area contributed by atoms with E-state index in [4.69, 9.17) is 4.74 Å². The van der Waals surface area contributed by atoms with E-state index in [1.165, 1.54) is 6.42 Å². The van der Waals surface area contributed by atoms with E-state index in [1.54, 1.807) is 0 Å². The van der Waals surface area contributed by atoms with Crippen molar-refractivity contribution in [2.45, 2.75) is 85.2 Å². The Labute approximate surface area is 119 Å². The summed E-state index contributed by atoms with van der Waals surface area (Å²) in [6.45, 7) is 10.1. The van der Waals surface area contributed by atoms with Crippen LogP contribution in [0.2, 0.25) is 0 Å². The predicted octanol–water partition coefficient (Wildman–Crippen LogP) is 5.27. The zero-order chi connectivity index (χ0) is 14.7. The molecule has 2 heteroatoms. The molecular formula is C17H32O2. The molecule has 0 bridgehead atoms. The molecule has 0 saturated heterocycles. The van der Waals surface area contributed by atoms with Crippen LogP contribution >= 0.6 is 0 Å². The highest BCUT2D eigenvalue weighted by atomic mass is 16.6. The van der Waals surface area contributed by atoms with Gasteiger partial charge in [0.1, 0.15) is 5.60 Å². The lowest BCUT2D eigenvalue weighted by Crippen LogP contribution is -2.28. The maximum Gasteiger partial charge on any atom is 0.309 e. The van der Waals surface area contributed by atoms with Crippen molar-refractivity contribution in [3.05, 3.63) is 12.2 Å². The summed E-state index contributed by atoms with van der Waals surface area (Å²) in [4.78, 5) is 12.1. The van der Waals surface area contributed by atoms with Gasteiger partial charge in [-0.15, -0.1) is 0 Å². The molecule has 0 spiro atoms.